The molecule has 1 aliphatic heterocycles. The number of hydrogen-bond acceptors (Lipinski definition) is 4. The second-order valence-electron chi connectivity index (χ2n) is 4.92. The van der Waals surface area contributed by atoms with Crippen LogP contribution in [-0.4, -0.2) is 41.0 Å². The summed E-state index contributed by atoms with van der Waals surface area (Å²) in [7, 11) is 0. The summed E-state index contributed by atoms with van der Waals surface area (Å²) >= 11 is 1.27. The van der Waals surface area contributed by atoms with Gasteiger partial charge in [0.2, 0.25) is 5.91 Å². The highest BCUT2D eigenvalue weighted by molar-refractivity contribution is 7.10. The molecule has 1 aromatic heterocycles. The molecule has 0 aliphatic carbocycles. The maximum atomic E-state index is 12.2. The third-order valence-corrected chi connectivity index (χ3v) is 4.40. The maximum absolute atomic E-state index is 12.2. The van der Waals surface area contributed by atoms with Crippen LogP contribution in [-0.2, 0) is 9.59 Å². The highest BCUT2D eigenvalue weighted by Gasteiger charge is 2.31. The predicted molar refractivity (Wildman–Crippen MR) is 76.7 cm³/mol. The molecule has 2 rings (SSSR count). The number of piperidine rings is 1. The van der Waals surface area contributed by atoms with Crippen LogP contribution in [0, 0.1) is 5.92 Å². The third kappa shape index (κ3) is 3.72. The molecule has 2 unspecified atom stereocenters. The van der Waals surface area contributed by atoms with Crippen molar-refractivity contribution in [1.29, 1.82) is 0 Å². The van der Waals surface area contributed by atoms with Gasteiger partial charge in [-0.3, -0.25) is 4.79 Å². The van der Waals surface area contributed by atoms with Gasteiger partial charge in [0.1, 0.15) is 0 Å². The lowest BCUT2D eigenvalue weighted by Crippen LogP contribution is -2.48. The van der Waals surface area contributed by atoms with Crippen molar-refractivity contribution in [2.75, 3.05) is 13.1 Å². The highest BCUT2D eigenvalue weighted by atomic mass is 32.1. The van der Waals surface area contributed by atoms with Gasteiger partial charge in [-0.1, -0.05) is 6.07 Å². The van der Waals surface area contributed by atoms with Crippen LogP contribution in [0.4, 0.5) is 4.79 Å². The topological polar surface area (TPSA) is 113 Å². The number of nitrogens with zero attached hydrogens (tertiary/aromatic N) is 1. The summed E-state index contributed by atoms with van der Waals surface area (Å²) in [6, 6.07) is 1.79. The standard InChI is InChI=1S/C13H17N3O4S/c14-13(20)16-5-1-3-8(7-16)11(17)15-10(12(18)19)9-4-2-6-21-9/h2,4,6,8,10H,1,3,5,7H2,(H2,14,20)(H,15,17)(H,18,19). The maximum Gasteiger partial charge on any atom is 0.331 e. The van der Waals surface area contributed by atoms with E-state index in [2.05, 4.69) is 5.32 Å². The van der Waals surface area contributed by atoms with Gasteiger partial charge < -0.3 is 21.1 Å². The summed E-state index contributed by atoms with van der Waals surface area (Å²) < 4.78 is 0. The van der Waals surface area contributed by atoms with Crippen molar-refractivity contribution in [2.24, 2.45) is 11.7 Å². The number of nitrogens with two attached hydrogens (primary N) is 1. The number of likely N-dealkylation sites (tertiary alicyclic amines) is 1. The molecule has 1 aromatic rings. The van der Waals surface area contributed by atoms with Crippen LogP contribution in [0.15, 0.2) is 17.5 Å². The number of nitrogens with one attached hydrogen (secondary N) is 1. The monoisotopic (exact) mass is 311 g/mol. The van der Waals surface area contributed by atoms with Gasteiger partial charge in [-0.15, -0.1) is 11.3 Å². The van der Waals surface area contributed by atoms with E-state index in [4.69, 9.17) is 5.73 Å². The molecule has 1 saturated heterocycles. The first-order chi connectivity index (χ1) is 9.99. The van der Waals surface area contributed by atoms with Crippen LogP contribution in [0.1, 0.15) is 23.8 Å². The predicted octanol–water partition coefficient (Wildman–Crippen LogP) is 0.781. The van der Waals surface area contributed by atoms with Gasteiger partial charge in [0.25, 0.3) is 0 Å². The SMILES string of the molecule is NC(=O)N1CCCC(C(=O)NC(C(=O)O)c2cccs2)C1. The minimum absolute atomic E-state index is 0.234. The van der Waals surface area contributed by atoms with Crippen molar-refractivity contribution >= 4 is 29.2 Å². The number of thiophene rings is 1. The Bertz CT molecular complexity index is 532. The van der Waals surface area contributed by atoms with Gasteiger partial charge in [-0.25, -0.2) is 9.59 Å². The van der Waals surface area contributed by atoms with Crippen molar-refractivity contribution < 1.29 is 19.5 Å². The lowest BCUT2D eigenvalue weighted by molar-refractivity contribution is -0.142. The molecule has 2 heterocycles. The zero-order valence-corrected chi connectivity index (χ0v) is 12.1. The number of aliphatic carboxylic acids is 1. The van der Waals surface area contributed by atoms with Gasteiger partial charge in [-0.2, -0.15) is 0 Å². The summed E-state index contributed by atoms with van der Waals surface area (Å²) in [5.41, 5.74) is 5.22. The molecule has 7 nitrogen and oxygen atoms in total. The Morgan fingerprint density at radius 3 is 2.81 bits per heavy atom. The summed E-state index contributed by atoms with van der Waals surface area (Å²) in [4.78, 5) is 36.7. The van der Waals surface area contributed by atoms with Gasteiger partial charge in [0, 0.05) is 18.0 Å². The quantitative estimate of drug-likeness (QED) is 0.762. The lowest BCUT2D eigenvalue weighted by atomic mass is 9.97. The average molecular weight is 311 g/mol. The Morgan fingerprint density at radius 1 is 1.48 bits per heavy atom. The fourth-order valence-corrected chi connectivity index (χ4v) is 3.13. The summed E-state index contributed by atoms with van der Waals surface area (Å²) in [6.07, 6.45) is 1.30. The summed E-state index contributed by atoms with van der Waals surface area (Å²) in [5.74, 6) is -1.89. The first-order valence-corrected chi connectivity index (χ1v) is 7.48. The molecule has 4 N–H and O–H groups in total. The minimum atomic E-state index is -1.10. The van der Waals surface area contributed by atoms with E-state index in [1.165, 1.54) is 16.2 Å². The van der Waals surface area contributed by atoms with E-state index in [1.54, 1.807) is 17.5 Å². The Labute approximate surface area is 125 Å². The van der Waals surface area contributed by atoms with Gasteiger partial charge in [0.05, 0.1) is 5.92 Å². The van der Waals surface area contributed by atoms with Crippen LogP contribution in [0.2, 0.25) is 0 Å². The second kappa shape index (κ2) is 6.57. The van der Waals surface area contributed by atoms with Gasteiger partial charge >= 0.3 is 12.0 Å². The molecule has 1 aliphatic rings. The Morgan fingerprint density at radius 2 is 2.24 bits per heavy atom. The number of carbonyl (C=O) groups is 3. The normalized spacial score (nSPS) is 19.8. The summed E-state index contributed by atoms with van der Waals surface area (Å²) in [6.45, 7) is 0.768. The smallest absolute Gasteiger partial charge is 0.331 e. The number of carboxylic acid groups (broad SMARTS) is 1. The molecule has 1 fully saturated rings. The van der Waals surface area contributed by atoms with Gasteiger partial charge in [-0.05, 0) is 24.3 Å². The Hall–Kier alpha value is -2.09. The number of amides is 3. The van der Waals surface area contributed by atoms with Gasteiger partial charge in [0.15, 0.2) is 6.04 Å². The minimum Gasteiger partial charge on any atom is -0.479 e. The van der Waals surface area contributed by atoms with E-state index < -0.39 is 24.0 Å². The lowest BCUT2D eigenvalue weighted by Gasteiger charge is -2.31. The Balaban J connectivity index is 2.02. The van der Waals surface area contributed by atoms with Crippen molar-refractivity contribution in [1.82, 2.24) is 10.2 Å². The number of urea groups is 1. The fraction of sp³-hybridized carbons (Fsp3) is 0.462. The zero-order chi connectivity index (χ0) is 15.4. The first kappa shape index (κ1) is 15.3. The number of carboxylic acids is 1. The van der Waals surface area contributed by atoms with E-state index in [9.17, 15) is 19.5 Å². The second-order valence-corrected chi connectivity index (χ2v) is 5.90. The van der Waals surface area contributed by atoms with E-state index in [-0.39, 0.29) is 12.5 Å². The Kier molecular flexibility index (Phi) is 4.79. The third-order valence-electron chi connectivity index (χ3n) is 3.47. The fourth-order valence-electron chi connectivity index (χ4n) is 2.36. The van der Waals surface area contributed by atoms with Crippen molar-refractivity contribution in [3.05, 3.63) is 22.4 Å². The zero-order valence-electron chi connectivity index (χ0n) is 11.3. The first-order valence-electron chi connectivity index (χ1n) is 6.60. The van der Waals surface area contributed by atoms with Crippen molar-refractivity contribution in [3.63, 3.8) is 0 Å². The largest absolute Gasteiger partial charge is 0.479 e. The van der Waals surface area contributed by atoms with E-state index in [0.717, 1.165) is 0 Å². The average Bonchev–Trinajstić information content (AvgIpc) is 2.98. The molecule has 2 atom stereocenters. The molecular weight excluding hydrogens is 294 g/mol. The number of hydrogen-bond donors (Lipinski definition) is 3. The van der Waals surface area contributed by atoms with Crippen LogP contribution >= 0.6 is 11.3 Å². The molecule has 0 aromatic carbocycles. The molecule has 3 amide bonds. The number of carbonyl (C=O) groups excluding carboxylic acids is 2. The molecule has 0 bridgehead atoms. The number of rotatable bonds is 4. The molecule has 0 saturated carbocycles. The molecular formula is C13H17N3O4S. The van der Waals surface area contributed by atoms with E-state index in [1.807, 2.05) is 0 Å². The molecule has 114 valence electrons. The molecule has 21 heavy (non-hydrogen) atoms. The van der Waals surface area contributed by atoms with Crippen LogP contribution in [0.3, 0.4) is 0 Å². The molecule has 0 radical (unpaired) electrons. The van der Waals surface area contributed by atoms with E-state index >= 15 is 0 Å². The van der Waals surface area contributed by atoms with Crippen molar-refractivity contribution in [3.8, 4) is 0 Å². The highest BCUT2D eigenvalue weighted by Crippen LogP contribution is 2.22. The van der Waals surface area contributed by atoms with Crippen molar-refractivity contribution in [2.45, 2.75) is 18.9 Å². The van der Waals surface area contributed by atoms with E-state index in [0.29, 0.717) is 24.3 Å². The molecule has 8 heteroatoms. The molecule has 0 spiro atoms. The number of primary amides is 1. The van der Waals surface area contributed by atoms with Crippen LogP contribution in [0.5, 0.6) is 0 Å². The van der Waals surface area contributed by atoms with Crippen LogP contribution < -0.4 is 11.1 Å². The van der Waals surface area contributed by atoms with Crippen LogP contribution in [0.25, 0.3) is 0 Å². The summed E-state index contributed by atoms with van der Waals surface area (Å²) in [5, 5.41) is 13.5.